The van der Waals surface area contributed by atoms with Crippen molar-refractivity contribution in [2.45, 2.75) is 13.5 Å². The number of hydrogen-bond acceptors (Lipinski definition) is 2. The topological polar surface area (TPSA) is 42.6 Å². The molecule has 0 atom stereocenters. The van der Waals surface area contributed by atoms with Crippen LogP contribution in [0.1, 0.15) is 16.7 Å². The van der Waals surface area contributed by atoms with Crippen LogP contribution in [0.5, 0.6) is 0 Å². The second-order valence-corrected chi connectivity index (χ2v) is 7.63. The molecule has 1 amide bonds. The van der Waals surface area contributed by atoms with Crippen molar-refractivity contribution in [2.75, 3.05) is 26.2 Å². The van der Waals surface area contributed by atoms with E-state index in [0.29, 0.717) is 0 Å². The molecule has 5 nitrogen and oxygen atoms in total. The van der Waals surface area contributed by atoms with E-state index in [0.717, 1.165) is 44.0 Å². The van der Waals surface area contributed by atoms with E-state index in [4.69, 9.17) is 0 Å². The lowest BCUT2D eigenvalue weighted by Gasteiger charge is -2.31. The standard InChI is InChI=1S/C24H26N4O/c1-20-6-5-7-21(16-20)18-26-12-14-27(15-13-26)24(29)11-10-22-17-25-28(19-22)23-8-3-2-4-9-23/h2-11,16-17,19H,12-15,18H2,1H3/p+1/b11-10+. The summed E-state index contributed by atoms with van der Waals surface area (Å²) in [6.45, 7) is 6.73. The number of quaternary nitrogens is 1. The second-order valence-electron chi connectivity index (χ2n) is 7.63. The van der Waals surface area contributed by atoms with Crippen molar-refractivity contribution >= 4 is 12.0 Å². The molecule has 1 aliphatic rings. The van der Waals surface area contributed by atoms with Crippen molar-refractivity contribution in [2.24, 2.45) is 0 Å². The van der Waals surface area contributed by atoms with Crippen molar-refractivity contribution in [3.8, 4) is 5.69 Å². The molecule has 0 unspecified atom stereocenters. The first-order chi connectivity index (χ1) is 14.2. The molecule has 0 bridgehead atoms. The zero-order chi connectivity index (χ0) is 20.1. The Morgan fingerprint density at radius 2 is 1.90 bits per heavy atom. The maximum Gasteiger partial charge on any atom is 0.246 e. The van der Waals surface area contributed by atoms with Gasteiger partial charge in [0.2, 0.25) is 5.91 Å². The number of benzene rings is 2. The third-order valence-corrected chi connectivity index (χ3v) is 5.36. The number of piperazine rings is 1. The van der Waals surface area contributed by atoms with Gasteiger partial charge in [-0.05, 0) is 25.1 Å². The third-order valence-electron chi connectivity index (χ3n) is 5.36. The van der Waals surface area contributed by atoms with E-state index >= 15 is 0 Å². The van der Waals surface area contributed by atoms with E-state index in [1.807, 2.05) is 52.2 Å². The van der Waals surface area contributed by atoms with Crippen LogP contribution in [0.15, 0.2) is 73.1 Å². The summed E-state index contributed by atoms with van der Waals surface area (Å²) in [5.74, 6) is 0.0760. The summed E-state index contributed by atoms with van der Waals surface area (Å²) in [6, 6.07) is 18.6. The summed E-state index contributed by atoms with van der Waals surface area (Å²) in [5, 5.41) is 4.37. The van der Waals surface area contributed by atoms with Gasteiger partial charge in [-0.25, -0.2) is 4.68 Å². The zero-order valence-corrected chi connectivity index (χ0v) is 16.8. The fourth-order valence-corrected chi connectivity index (χ4v) is 3.75. The Morgan fingerprint density at radius 3 is 2.66 bits per heavy atom. The highest BCUT2D eigenvalue weighted by Crippen LogP contribution is 2.09. The third kappa shape index (κ3) is 5.00. The minimum Gasteiger partial charge on any atom is -0.328 e. The van der Waals surface area contributed by atoms with Gasteiger partial charge in [-0.15, -0.1) is 0 Å². The first kappa shape index (κ1) is 19.2. The lowest BCUT2D eigenvalue weighted by atomic mass is 10.1. The summed E-state index contributed by atoms with van der Waals surface area (Å²) in [4.78, 5) is 16.0. The maximum atomic E-state index is 12.6. The predicted molar refractivity (Wildman–Crippen MR) is 115 cm³/mol. The number of carbonyl (C=O) groups is 1. The molecule has 1 aromatic heterocycles. The molecule has 1 N–H and O–H groups in total. The molecule has 2 heterocycles. The minimum absolute atomic E-state index is 0.0760. The van der Waals surface area contributed by atoms with Crippen molar-refractivity contribution in [1.82, 2.24) is 14.7 Å². The van der Waals surface area contributed by atoms with Crippen molar-refractivity contribution in [1.29, 1.82) is 0 Å². The van der Waals surface area contributed by atoms with Gasteiger partial charge >= 0.3 is 0 Å². The molecule has 5 heteroatoms. The van der Waals surface area contributed by atoms with Gasteiger partial charge in [0, 0.05) is 23.4 Å². The molecule has 4 rings (SSSR count). The normalized spacial score (nSPS) is 15.1. The number of para-hydroxylation sites is 1. The quantitative estimate of drug-likeness (QED) is 0.682. The molecule has 3 aromatic rings. The van der Waals surface area contributed by atoms with Gasteiger partial charge in [-0.2, -0.15) is 5.10 Å². The number of nitrogens with one attached hydrogen (secondary N) is 1. The Morgan fingerprint density at radius 1 is 1.10 bits per heavy atom. The van der Waals surface area contributed by atoms with Gasteiger partial charge in [0.1, 0.15) is 6.54 Å². The van der Waals surface area contributed by atoms with Crippen LogP contribution in [0.4, 0.5) is 0 Å². The van der Waals surface area contributed by atoms with E-state index in [-0.39, 0.29) is 5.91 Å². The molecule has 2 aromatic carbocycles. The van der Waals surface area contributed by atoms with Gasteiger partial charge in [-0.1, -0.05) is 48.0 Å². The van der Waals surface area contributed by atoms with Gasteiger partial charge in [0.05, 0.1) is 38.1 Å². The first-order valence-electron chi connectivity index (χ1n) is 10.1. The van der Waals surface area contributed by atoms with Crippen LogP contribution >= 0.6 is 0 Å². The van der Waals surface area contributed by atoms with Gasteiger partial charge in [0.25, 0.3) is 0 Å². The Kier molecular flexibility index (Phi) is 5.86. The zero-order valence-electron chi connectivity index (χ0n) is 16.8. The average molecular weight is 388 g/mol. The van der Waals surface area contributed by atoms with Crippen LogP contribution in [0.25, 0.3) is 11.8 Å². The molecule has 1 aliphatic heterocycles. The smallest absolute Gasteiger partial charge is 0.246 e. The number of carbonyl (C=O) groups excluding carboxylic acids is 1. The lowest BCUT2D eigenvalue weighted by molar-refractivity contribution is -0.917. The number of rotatable bonds is 5. The molecule has 148 valence electrons. The summed E-state index contributed by atoms with van der Waals surface area (Å²) in [7, 11) is 0. The Hall–Kier alpha value is -3.18. The van der Waals surface area contributed by atoms with Crippen LogP contribution < -0.4 is 4.90 Å². The maximum absolute atomic E-state index is 12.6. The molecule has 1 saturated heterocycles. The highest BCUT2D eigenvalue weighted by Gasteiger charge is 2.22. The monoisotopic (exact) mass is 387 g/mol. The predicted octanol–water partition coefficient (Wildman–Crippen LogP) is 2.12. The molecule has 1 fully saturated rings. The fraction of sp³-hybridized carbons (Fsp3) is 0.250. The first-order valence-corrected chi connectivity index (χ1v) is 10.1. The molecule has 29 heavy (non-hydrogen) atoms. The fourth-order valence-electron chi connectivity index (χ4n) is 3.75. The van der Waals surface area contributed by atoms with Crippen LogP contribution in [-0.4, -0.2) is 46.8 Å². The highest BCUT2D eigenvalue weighted by molar-refractivity contribution is 5.91. The molecule has 0 saturated carbocycles. The van der Waals surface area contributed by atoms with Crippen LogP contribution in [-0.2, 0) is 11.3 Å². The lowest BCUT2D eigenvalue weighted by Crippen LogP contribution is -3.13. The summed E-state index contributed by atoms with van der Waals surface area (Å²) < 4.78 is 1.82. The van der Waals surface area contributed by atoms with E-state index in [1.54, 1.807) is 12.3 Å². The Balaban J connectivity index is 1.29. The summed E-state index contributed by atoms with van der Waals surface area (Å²) in [6.07, 6.45) is 7.22. The van der Waals surface area contributed by atoms with Crippen LogP contribution in [0.3, 0.4) is 0 Å². The summed E-state index contributed by atoms with van der Waals surface area (Å²) in [5.41, 5.74) is 4.60. The van der Waals surface area contributed by atoms with E-state index in [9.17, 15) is 4.79 Å². The van der Waals surface area contributed by atoms with Gasteiger partial charge < -0.3 is 9.80 Å². The number of amides is 1. The van der Waals surface area contributed by atoms with Crippen LogP contribution in [0, 0.1) is 6.92 Å². The van der Waals surface area contributed by atoms with Crippen molar-refractivity contribution in [3.63, 3.8) is 0 Å². The SMILES string of the molecule is Cc1cccc(C[NH+]2CCN(C(=O)/C=C/c3cnn(-c4ccccc4)c3)CC2)c1. The van der Waals surface area contributed by atoms with Gasteiger partial charge in [0.15, 0.2) is 0 Å². The number of aryl methyl sites for hydroxylation is 1. The van der Waals surface area contributed by atoms with E-state index in [1.165, 1.54) is 16.0 Å². The Labute approximate surface area is 171 Å². The largest absolute Gasteiger partial charge is 0.328 e. The molecular formula is C24H27N4O+. The summed E-state index contributed by atoms with van der Waals surface area (Å²) >= 11 is 0. The average Bonchev–Trinajstić information content (AvgIpc) is 3.22. The molecule has 0 spiro atoms. The molecule has 0 aliphatic carbocycles. The van der Waals surface area contributed by atoms with Crippen molar-refractivity contribution < 1.29 is 9.69 Å². The molecule has 0 radical (unpaired) electrons. The van der Waals surface area contributed by atoms with E-state index < -0.39 is 0 Å². The van der Waals surface area contributed by atoms with Crippen molar-refractivity contribution in [3.05, 3.63) is 89.8 Å². The molecular weight excluding hydrogens is 360 g/mol. The Bertz CT molecular complexity index is 985. The number of nitrogens with zero attached hydrogens (tertiary/aromatic N) is 3. The minimum atomic E-state index is 0.0760. The highest BCUT2D eigenvalue weighted by atomic mass is 16.2. The van der Waals surface area contributed by atoms with Crippen LogP contribution in [0.2, 0.25) is 0 Å². The number of hydrogen-bond donors (Lipinski definition) is 1. The second kappa shape index (κ2) is 8.88. The van der Waals surface area contributed by atoms with E-state index in [2.05, 4.69) is 36.3 Å². The van der Waals surface area contributed by atoms with Gasteiger partial charge in [-0.3, -0.25) is 4.79 Å². The number of aromatic nitrogens is 2.